The fraction of sp³-hybridized carbons (Fsp3) is 0.150. The number of aryl methyl sites for hydroxylation is 2. The highest BCUT2D eigenvalue weighted by atomic mass is 35.5. The van der Waals surface area contributed by atoms with E-state index < -0.39 is 0 Å². The molecule has 2 aromatic carbocycles. The molecule has 136 valence electrons. The molecule has 6 nitrogen and oxygen atoms in total. The van der Waals surface area contributed by atoms with Gasteiger partial charge in [0.25, 0.3) is 5.91 Å². The molecule has 0 aliphatic carbocycles. The van der Waals surface area contributed by atoms with Crippen LogP contribution in [0.4, 0.5) is 5.69 Å². The summed E-state index contributed by atoms with van der Waals surface area (Å²) in [7, 11) is 1.93. The van der Waals surface area contributed by atoms with Crippen LogP contribution in [0, 0.1) is 13.8 Å². The highest BCUT2D eigenvalue weighted by molar-refractivity contribution is 6.31. The number of aromatic nitrogens is 4. The van der Waals surface area contributed by atoms with E-state index in [2.05, 4.69) is 15.4 Å². The summed E-state index contributed by atoms with van der Waals surface area (Å²) in [6.45, 7) is 3.76. The van der Waals surface area contributed by atoms with Gasteiger partial charge < -0.3 is 9.88 Å². The van der Waals surface area contributed by atoms with E-state index in [1.54, 1.807) is 23.1 Å². The SMILES string of the molecule is Cc1nn(-c2cccc(C(=O)Nc3ccc4c(c3)ncn4C)c2)c(C)c1Cl. The van der Waals surface area contributed by atoms with Crippen LogP contribution in [0.1, 0.15) is 21.7 Å². The smallest absolute Gasteiger partial charge is 0.255 e. The third-order valence-corrected chi connectivity index (χ3v) is 5.09. The van der Waals surface area contributed by atoms with Crippen LogP contribution in [-0.2, 0) is 7.05 Å². The molecule has 0 aliphatic heterocycles. The number of hydrogen-bond acceptors (Lipinski definition) is 3. The van der Waals surface area contributed by atoms with Gasteiger partial charge in [0.1, 0.15) is 0 Å². The van der Waals surface area contributed by atoms with Crippen LogP contribution in [0.2, 0.25) is 5.02 Å². The number of nitrogens with one attached hydrogen (secondary N) is 1. The Kier molecular flexibility index (Phi) is 4.20. The van der Waals surface area contributed by atoms with E-state index >= 15 is 0 Å². The predicted molar refractivity (Wildman–Crippen MR) is 107 cm³/mol. The Bertz CT molecular complexity index is 1170. The van der Waals surface area contributed by atoms with Gasteiger partial charge in [0.2, 0.25) is 0 Å². The fourth-order valence-electron chi connectivity index (χ4n) is 3.07. The zero-order valence-electron chi connectivity index (χ0n) is 15.2. The average molecular weight is 380 g/mol. The molecule has 0 fully saturated rings. The standard InChI is InChI=1S/C20H18ClN5O/c1-12-19(21)13(2)26(24-12)16-6-4-5-14(9-16)20(27)23-15-7-8-18-17(10-15)22-11-25(18)3/h4-11H,1-3H3,(H,23,27). The van der Waals surface area contributed by atoms with E-state index in [1.165, 1.54) is 0 Å². The second kappa shape index (κ2) is 6.55. The van der Waals surface area contributed by atoms with E-state index in [4.69, 9.17) is 11.6 Å². The van der Waals surface area contributed by atoms with E-state index in [-0.39, 0.29) is 5.91 Å². The molecule has 4 aromatic rings. The molecule has 1 N–H and O–H groups in total. The molecule has 1 amide bonds. The molecule has 0 aliphatic rings. The first-order valence-electron chi connectivity index (χ1n) is 8.48. The van der Waals surface area contributed by atoms with Gasteiger partial charge in [-0.25, -0.2) is 9.67 Å². The Balaban J connectivity index is 1.62. The quantitative estimate of drug-likeness (QED) is 0.577. The van der Waals surface area contributed by atoms with Crippen LogP contribution in [0.25, 0.3) is 16.7 Å². The van der Waals surface area contributed by atoms with Crippen molar-refractivity contribution in [2.24, 2.45) is 7.05 Å². The Morgan fingerprint density at radius 2 is 1.96 bits per heavy atom. The Hall–Kier alpha value is -3.12. The van der Waals surface area contributed by atoms with Crippen LogP contribution >= 0.6 is 11.6 Å². The van der Waals surface area contributed by atoms with Crippen LogP contribution in [0.3, 0.4) is 0 Å². The van der Waals surface area contributed by atoms with Crippen molar-refractivity contribution in [2.45, 2.75) is 13.8 Å². The van der Waals surface area contributed by atoms with Crippen molar-refractivity contribution in [2.75, 3.05) is 5.32 Å². The van der Waals surface area contributed by atoms with Gasteiger partial charge in [0, 0.05) is 18.3 Å². The molecule has 0 saturated carbocycles. The molecule has 0 bridgehead atoms. The maximum Gasteiger partial charge on any atom is 0.255 e. The van der Waals surface area contributed by atoms with Crippen molar-refractivity contribution in [3.8, 4) is 5.69 Å². The van der Waals surface area contributed by atoms with Crippen molar-refractivity contribution >= 4 is 34.2 Å². The topological polar surface area (TPSA) is 64.7 Å². The number of fused-ring (bicyclic) bond motifs is 1. The molecule has 0 saturated heterocycles. The lowest BCUT2D eigenvalue weighted by Crippen LogP contribution is -2.12. The predicted octanol–water partition coefficient (Wildman–Crippen LogP) is 4.28. The van der Waals surface area contributed by atoms with Gasteiger partial charge in [-0.15, -0.1) is 0 Å². The van der Waals surface area contributed by atoms with E-state index in [9.17, 15) is 4.79 Å². The minimum absolute atomic E-state index is 0.195. The zero-order chi connectivity index (χ0) is 19.1. The lowest BCUT2D eigenvalue weighted by atomic mass is 10.1. The van der Waals surface area contributed by atoms with Gasteiger partial charge in [-0.3, -0.25) is 4.79 Å². The minimum atomic E-state index is -0.195. The Morgan fingerprint density at radius 3 is 2.70 bits per heavy atom. The van der Waals surface area contributed by atoms with Crippen LogP contribution in [0.15, 0.2) is 48.8 Å². The monoisotopic (exact) mass is 379 g/mol. The summed E-state index contributed by atoms with van der Waals surface area (Å²) in [6, 6.07) is 13.0. The number of benzene rings is 2. The number of imidazole rings is 1. The molecular weight excluding hydrogens is 362 g/mol. The maximum atomic E-state index is 12.7. The van der Waals surface area contributed by atoms with Crippen LogP contribution in [-0.4, -0.2) is 25.2 Å². The van der Waals surface area contributed by atoms with Crippen molar-refractivity contribution < 1.29 is 4.79 Å². The van der Waals surface area contributed by atoms with Crippen molar-refractivity contribution in [1.82, 2.24) is 19.3 Å². The van der Waals surface area contributed by atoms with Gasteiger partial charge in [0.05, 0.1) is 39.5 Å². The van der Waals surface area contributed by atoms with Crippen LogP contribution < -0.4 is 5.32 Å². The second-order valence-electron chi connectivity index (χ2n) is 6.46. The lowest BCUT2D eigenvalue weighted by molar-refractivity contribution is 0.102. The van der Waals surface area contributed by atoms with Crippen molar-refractivity contribution in [3.63, 3.8) is 0 Å². The van der Waals surface area contributed by atoms with E-state index in [1.807, 2.05) is 55.8 Å². The summed E-state index contributed by atoms with van der Waals surface area (Å²) in [5.74, 6) is -0.195. The van der Waals surface area contributed by atoms with E-state index in [0.29, 0.717) is 16.3 Å². The average Bonchev–Trinajstić information content (AvgIpc) is 3.16. The number of amides is 1. The molecular formula is C20H18ClN5O. The number of carbonyl (C=O) groups is 1. The number of anilines is 1. The molecule has 0 radical (unpaired) electrons. The van der Waals surface area contributed by atoms with Gasteiger partial charge in [-0.05, 0) is 50.2 Å². The lowest BCUT2D eigenvalue weighted by Gasteiger charge is -2.09. The highest BCUT2D eigenvalue weighted by Crippen LogP contribution is 2.23. The molecule has 7 heteroatoms. The Labute approximate surface area is 161 Å². The van der Waals surface area contributed by atoms with Gasteiger partial charge >= 0.3 is 0 Å². The molecule has 0 spiro atoms. The Morgan fingerprint density at radius 1 is 1.15 bits per heavy atom. The van der Waals surface area contributed by atoms with Gasteiger partial charge in [0.15, 0.2) is 0 Å². The normalized spacial score (nSPS) is 11.1. The molecule has 4 rings (SSSR count). The largest absolute Gasteiger partial charge is 0.334 e. The fourth-order valence-corrected chi connectivity index (χ4v) is 3.19. The van der Waals surface area contributed by atoms with Crippen LogP contribution in [0.5, 0.6) is 0 Å². The third-order valence-electron chi connectivity index (χ3n) is 4.54. The van der Waals surface area contributed by atoms with Crippen molar-refractivity contribution in [3.05, 3.63) is 70.8 Å². The number of rotatable bonds is 3. The minimum Gasteiger partial charge on any atom is -0.334 e. The summed E-state index contributed by atoms with van der Waals surface area (Å²) < 4.78 is 3.68. The maximum absolute atomic E-state index is 12.7. The summed E-state index contributed by atoms with van der Waals surface area (Å²) >= 11 is 6.24. The summed E-state index contributed by atoms with van der Waals surface area (Å²) in [5, 5.41) is 8.00. The molecule has 2 aromatic heterocycles. The molecule has 0 unspecified atom stereocenters. The number of hydrogen-bond donors (Lipinski definition) is 1. The first-order valence-corrected chi connectivity index (χ1v) is 8.86. The highest BCUT2D eigenvalue weighted by Gasteiger charge is 2.13. The third kappa shape index (κ3) is 3.08. The second-order valence-corrected chi connectivity index (χ2v) is 6.84. The molecule has 0 atom stereocenters. The summed E-state index contributed by atoms with van der Waals surface area (Å²) in [4.78, 5) is 17.0. The summed E-state index contributed by atoms with van der Waals surface area (Å²) in [5.41, 5.74) is 5.47. The first-order chi connectivity index (χ1) is 12.9. The van der Waals surface area contributed by atoms with Gasteiger partial charge in [-0.2, -0.15) is 5.10 Å². The first kappa shape index (κ1) is 17.3. The van der Waals surface area contributed by atoms with Crippen molar-refractivity contribution in [1.29, 1.82) is 0 Å². The van der Waals surface area contributed by atoms with E-state index in [0.717, 1.165) is 28.1 Å². The number of halogens is 1. The van der Waals surface area contributed by atoms with Gasteiger partial charge in [-0.1, -0.05) is 17.7 Å². The number of nitrogens with zero attached hydrogens (tertiary/aromatic N) is 4. The number of carbonyl (C=O) groups excluding carboxylic acids is 1. The summed E-state index contributed by atoms with van der Waals surface area (Å²) in [6.07, 6.45) is 1.75. The zero-order valence-corrected chi connectivity index (χ0v) is 15.9. The molecule has 27 heavy (non-hydrogen) atoms. The molecule has 2 heterocycles.